The number of H-pyrrole nitrogens is 1. The van der Waals surface area contributed by atoms with Gasteiger partial charge in [0.15, 0.2) is 0 Å². The van der Waals surface area contributed by atoms with E-state index in [1.807, 2.05) is 37.1 Å². The van der Waals surface area contributed by atoms with Gasteiger partial charge in [0.05, 0.1) is 6.54 Å². The summed E-state index contributed by atoms with van der Waals surface area (Å²) in [6, 6.07) is 16.6. The summed E-state index contributed by atoms with van der Waals surface area (Å²) in [5.74, 6) is -0.0735. The molecule has 5 nitrogen and oxygen atoms in total. The number of aromatic nitrogens is 1. The molecule has 0 bridgehead atoms. The fourth-order valence-corrected chi connectivity index (χ4v) is 4.04. The topological polar surface area (TPSA) is 56.4 Å². The number of hydrogen-bond acceptors (Lipinski definition) is 2. The second kappa shape index (κ2) is 11.7. The van der Waals surface area contributed by atoms with Crippen molar-refractivity contribution >= 4 is 22.7 Å². The predicted molar refractivity (Wildman–Crippen MR) is 135 cm³/mol. The van der Waals surface area contributed by atoms with E-state index >= 15 is 0 Å². The Hall–Kier alpha value is -3.08. The van der Waals surface area contributed by atoms with Gasteiger partial charge in [-0.15, -0.1) is 0 Å². The average Bonchev–Trinajstić information content (AvgIpc) is 3.23. The summed E-state index contributed by atoms with van der Waals surface area (Å²) in [4.78, 5) is 33.2. The average molecular weight is 448 g/mol. The molecule has 0 aliphatic rings. The Morgan fingerprint density at radius 3 is 2.39 bits per heavy atom. The van der Waals surface area contributed by atoms with Gasteiger partial charge in [-0.05, 0) is 37.0 Å². The molecule has 1 N–H and O–H groups in total. The SMILES string of the molecule is CCCCN(CC(=O)N(CCc1c[nH]c2ccccc12)Cc1ccc(C)cc1)C(=O)C(C)C. The van der Waals surface area contributed by atoms with E-state index in [0.717, 1.165) is 30.3 Å². The maximum Gasteiger partial charge on any atom is 0.242 e. The van der Waals surface area contributed by atoms with Crippen molar-refractivity contribution in [2.24, 2.45) is 5.92 Å². The largest absolute Gasteiger partial charge is 0.361 e. The lowest BCUT2D eigenvalue weighted by molar-refractivity contribution is -0.142. The number of hydrogen-bond donors (Lipinski definition) is 1. The highest BCUT2D eigenvalue weighted by atomic mass is 16.2. The van der Waals surface area contributed by atoms with Crippen LogP contribution in [-0.4, -0.2) is 46.2 Å². The Labute approximate surface area is 197 Å². The second-order valence-electron chi connectivity index (χ2n) is 9.18. The Morgan fingerprint density at radius 1 is 0.970 bits per heavy atom. The highest BCUT2D eigenvalue weighted by Crippen LogP contribution is 2.19. The first kappa shape index (κ1) is 24.6. The van der Waals surface area contributed by atoms with E-state index in [-0.39, 0.29) is 24.3 Å². The summed E-state index contributed by atoms with van der Waals surface area (Å²) in [5, 5.41) is 1.19. The Balaban J connectivity index is 1.77. The van der Waals surface area contributed by atoms with E-state index in [4.69, 9.17) is 0 Å². The number of benzene rings is 2. The van der Waals surface area contributed by atoms with Gasteiger partial charge in [-0.1, -0.05) is 75.2 Å². The van der Waals surface area contributed by atoms with Crippen LogP contribution in [0.15, 0.2) is 54.7 Å². The Morgan fingerprint density at radius 2 is 1.70 bits per heavy atom. The smallest absolute Gasteiger partial charge is 0.242 e. The lowest BCUT2D eigenvalue weighted by atomic mass is 10.1. The zero-order valence-corrected chi connectivity index (χ0v) is 20.4. The molecular formula is C28H37N3O2. The number of para-hydroxylation sites is 1. The van der Waals surface area contributed by atoms with Crippen molar-refractivity contribution in [1.82, 2.24) is 14.8 Å². The molecule has 0 fully saturated rings. The summed E-state index contributed by atoms with van der Waals surface area (Å²) in [5.41, 5.74) is 4.61. The van der Waals surface area contributed by atoms with Crippen LogP contribution in [0.25, 0.3) is 10.9 Å². The van der Waals surface area contributed by atoms with Gasteiger partial charge in [0, 0.05) is 42.7 Å². The van der Waals surface area contributed by atoms with Crippen molar-refractivity contribution in [2.45, 2.75) is 53.5 Å². The fraction of sp³-hybridized carbons (Fsp3) is 0.429. The Bertz CT molecular complexity index is 1050. The normalized spacial score (nSPS) is 11.2. The number of nitrogens with one attached hydrogen (secondary N) is 1. The molecule has 2 aromatic carbocycles. The third-order valence-corrected chi connectivity index (χ3v) is 6.09. The molecule has 2 amide bonds. The molecule has 5 heteroatoms. The molecule has 0 aliphatic carbocycles. The minimum absolute atomic E-state index is 0.000481. The van der Waals surface area contributed by atoms with E-state index in [1.165, 1.54) is 16.5 Å². The van der Waals surface area contributed by atoms with Crippen LogP contribution in [0.3, 0.4) is 0 Å². The molecule has 0 saturated heterocycles. The maximum atomic E-state index is 13.5. The molecule has 1 heterocycles. The fourth-order valence-electron chi connectivity index (χ4n) is 4.04. The van der Waals surface area contributed by atoms with Gasteiger partial charge in [-0.2, -0.15) is 0 Å². The van der Waals surface area contributed by atoms with Crippen molar-refractivity contribution in [3.05, 3.63) is 71.4 Å². The summed E-state index contributed by atoms with van der Waals surface area (Å²) in [6.07, 6.45) is 4.69. The monoisotopic (exact) mass is 447 g/mol. The van der Waals surface area contributed by atoms with Crippen LogP contribution in [-0.2, 0) is 22.6 Å². The number of aromatic amines is 1. The molecule has 0 unspecified atom stereocenters. The van der Waals surface area contributed by atoms with Gasteiger partial charge in [-0.25, -0.2) is 0 Å². The number of unbranched alkanes of at least 4 members (excludes halogenated alkanes) is 1. The van der Waals surface area contributed by atoms with E-state index in [0.29, 0.717) is 19.6 Å². The molecule has 3 rings (SSSR count). The van der Waals surface area contributed by atoms with E-state index < -0.39 is 0 Å². The van der Waals surface area contributed by atoms with Crippen LogP contribution in [0.5, 0.6) is 0 Å². The van der Waals surface area contributed by atoms with Gasteiger partial charge in [0.2, 0.25) is 11.8 Å². The molecule has 0 atom stereocenters. The third-order valence-electron chi connectivity index (χ3n) is 6.09. The molecule has 176 valence electrons. The summed E-state index contributed by atoms with van der Waals surface area (Å²) >= 11 is 0. The second-order valence-corrected chi connectivity index (χ2v) is 9.18. The number of fused-ring (bicyclic) bond motifs is 1. The highest BCUT2D eigenvalue weighted by molar-refractivity contribution is 5.86. The lowest BCUT2D eigenvalue weighted by Gasteiger charge is -2.29. The van der Waals surface area contributed by atoms with Gasteiger partial charge in [0.25, 0.3) is 0 Å². The molecule has 33 heavy (non-hydrogen) atoms. The molecule has 0 saturated carbocycles. The zero-order valence-electron chi connectivity index (χ0n) is 20.4. The number of amides is 2. The van der Waals surface area contributed by atoms with E-state index in [2.05, 4.69) is 55.2 Å². The molecule has 0 aliphatic heterocycles. The quantitative estimate of drug-likeness (QED) is 0.432. The van der Waals surface area contributed by atoms with Crippen molar-refractivity contribution in [3.63, 3.8) is 0 Å². The van der Waals surface area contributed by atoms with Gasteiger partial charge >= 0.3 is 0 Å². The van der Waals surface area contributed by atoms with Crippen LogP contribution in [0.2, 0.25) is 0 Å². The first-order valence-electron chi connectivity index (χ1n) is 12.1. The summed E-state index contributed by atoms with van der Waals surface area (Å²) in [7, 11) is 0. The summed E-state index contributed by atoms with van der Waals surface area (Å²) < 4.78 is 0. The van der Waals surface area contributed by atoms with Crippen molar-refractivity contribution in [1.29, 1.82) is 0 Å². The number of carbonyl (C=O) groups excluding carboxylic acids is 2. The molecule has 1 aromatic heterocycles. The Kier molecular flexibility index (Phi) is 8.70. The van der Waals surface area contributed by atoms with Gasteiger partial charge in [0.1, 0.15) is 0 Å². The van der Waals surface area contributed by atoms with Gasteiger partial charge in [-0.3, -0.25) is 9.59 Å². The molecular weight excluding hydrogens is 410 g/mol. The van der Waals surface area contributed by atoms with Crippen LogP contribution in [0.1, 0.15) is 50.3 Å². The lowest BCUT2D eigenvalue weighted by Crippen LogP contribution is -2.45. The highest BCUT2D eigenvalue weighted by Gasteiger charge is 2.23. The number of rotatable bonds is 11. The van der Waals surface area contributed by atoms with Crippen LogP contribution in [0, 0.1) is 12.8 Å². The number of aryl methyl sites for hydroxylation is 1. The minimum Gasteiger partial charge on any atom is -0.361 e. The first-order valence-corrected chi connectivity index (χ1v) is 12.1. The maximum absolute atomic E-state index is 13.5. The molecule has 3 aromatic rings. The minimum atomic E-state index is -0.119. The number of nitrogens with zero attached hydrogens (tertiary/aromatic N) is 2. The van der Waals surface area contributed by atoms with E-state index in [9.17, 15) is 9.59 Å². The molecule has 0 radical (unpaired) electrons. The van der Waals surface area contributed by atoms with Gasteiger partial charge < -0.3 is 14.8 Å². The predicted octanol–water partition coefficient (Wildman–Crippen LogP) is 5.33. The summed E-state index contributed by atoms with van der Waals surface area (Å²) in [6.45, 7) is 9.86. The van der Waals surface area contributed by atoms with Crippen molar-refractivity contribution < 1.29 is 9.59 Å². The number of carbonyl (C=O) groups is 2. The van der Waals surface area contributed by atoms with Crippen molar-refractivity contribution in [3.8, 4) is 0 Å². The first-order chi connectivity index (χ1) is 15.9. The van der Waals surface area contributed by atoms with Crippen LogP contribution < -0.4 is 0 Å². The van der Waals surface area contributed by atoms with Crippen LogP contribution in [0.4, 0.5) is 0 Å². The standard InChI is InChI=1S/C28H37N3O2/c1-5-6-16-31(28(33)21(2)3)20-27(32)30(19-23-13-11-22(4)12-14-23)17-15-24-18-29-26-10-8-7-9-25(24)26/h7-14,18,21,29H,5-6,15-17,19-20H2,1-4H3. The van der Waals surface area contributed by atoms with Crippen molar-refractivity contribution in [2.75, 3.05) is 19.6 Å². The third kappa shape index (κ3) is 6.70. The van der Waals surface area contributed by atoms with Crippen LogP contribution >= 0.6 is 0 Å². The molecule has 0 spiro atoms. The zero-order chi connectivity index (χ0) is 23.8. The van der Waals surface area contributed by atoms with E-state index in [1.54, 1.807) is 4.90 Å².